The van der Waals surface area contributed by atoms with Gasteiger partial charge in [0.1, 0.15) is 27.5 Å². The van der Waals surface area contributed by atoms with Crippen LogP contribution in [0.3, 0.4) is 0 Å². The first-order valence-corrected chi connectivity index (χ1v) is 11.3. The van der Waals surface area contributed by atoms with E-state index in [1.807, 2.05) is 19.1 Å². The van der Waals surface area contributed by atoms with Crippen LogP contribution in [-0.4, -0.2) is 26.2 Å². The van der Waals surface area contributed by atoms with Gasteiger partial charge >= 0.3 is 0 Å². The average molecular weight is 457 g/mol. The molecule has 1 fully saturated rings. The van der Waals surface area contributed by atoms with Gasteiger partial charge in [0.15, 0.2) is 0 Å². The lowest BCUT2D eigenvalue weighted by atomic mass is 10.0. The highest BCUT2D eigenvalue weighted by molar-refractivity contribution is 8.26. The molecule has 1 aliphatic heterocycles. The molecular formula is C22H24N4O3S2. The summed E-state index contributed by atoms with van der Waals surface area (Å²) in [5, 5.41) is 12.9. The van der Waals surface area contributed by atoms with E-state index >= 15 is 0 Å². The van der Waals surface area contributed by atoms with E-state index in [0.29, 0.717) is 51.6 Å². The molecule has 3 rings (SSSR count). The highest BCUT2D eigenvalue weighted by Gasteiger charge is 2.32. The van der Waals surface area contributed by atoms with E-state index in [2.05, 4.69) is 12.2 Å². The minimum Gasteiger partial charge on any atom is -0.467 e. The van der Waals surface area contributed by atoms with Crippen molar-refractivity contribution in [2.75, 3.05) is 11.9 Å². The van der Waals surface area contributed by atoms with E-state index in [0.717, 1.165) is 12.8 Å². The largest absolute Gasteiger partial charge is 0.467 e. The fourth-order valence-electron chi connectivity index (χ4n) is 3.38. The number of nitrogens with one attached hydrogen (secondary N) is 1. The van der Waals surface area contributed by atoms with Crippen molar-refractivity contribution in [3.63, 3.8) is 0 Å². The number of unbranched alkanes of at least 4 members (excludes halogenated alkanes) is 1. The van der Waals surface area contributed by atoms with Crippen LogP contribution < -0.4 is 10.9 Å². The Bertz CT molecular complexity index is 1130. The van der Waals surface area contributed by atoms with E-state index in [4.69, 9.17) is 16.6 Å². The summed E-state index contributed by atoms with van der Waals surface area (Å²) in [5.41, 5.74) is 0.855. The predicted molar refractivity (Wildman–Crippen MR) is 127 cm³/mol. The summed E-state index contributed by atoms with van der Waals surface area (Å²) in [6.45, 7) is 6.93. The molecule has 0 aromatic carbocycles. The molecule has 2 aromatic heterocycles. The molecule has 0 spiro atoms. The maximum Gasteiger partial charge on any atom is 0.270 e. The highest BCUT2D eigenvalue weighted by Crippen LogP contribution is 2.35. The molecule has 1 saturated heterocycles. The average Bonchev–Trinajstić information content (AvgIpc) is 3.36. The van der Waals surface area contributed by atoms with Gasteiger partial charge in [-0.2, -0.15) is 5.26 Å². The number of hydrogen-bond acceptors (Lipinski definition) is 7. The Morgan fingerprint density at radius 3 is 2.74 bits per heavy atom. The second kappa shape index (κ2) is 9.98. The lowest BCUT2D eigenvalue weighted by molar-refractivity contribution is -0.122. The lowest BCUT2D eigenvalue weighted by Gasteiger charge is -2.19. The van der Waals surface area contributed by atoms with E-state index in [9.17, 15) is 14.9 Å². The summed E-state index contributed by atoms with van der Waals surface area (Å²) < 4.78 is 7.43. The molecule has 1 aliphatic rings. The first kappa shape index (κ1) is 22.8. The number of rotatable bonds is 8. The molecule has 0 saturated carbocycles. The van der Waals surface area contributed by atoms with Crippen molar-refractivity contribution in [1.29, 1.82) is 5.26 Å². The van der Waals surface area contributed by atoms with Gasteiger partial charge in [-0.05, 0) is 44.0 Å². The summed E-state index contributed by atoms with van der Waals surface area (Å²) in [5.74, 6) is 1.10. The number of hydrogen-bond donors (Lipinski definition) is 1. The van der Waals surface area contributed by atoms with E-state index in [1.165, 1.54) is 16.3 Å². The molecule has 9 heteroatoms. The minimum absolute atomic E-state index is 0.0677. The van der Waals surface area contributed by atoms with Crippen molar-refractivity contribution in [2.24, 2.45) is 0 Å². The van der Waals surface area contributed by atoms with Crippen LogP contribution in [0.2, 0.25) is 0 Å². The molecule has 0 bridgehead atoms. The number of pyridine rings is 1. The molecule has 3 heterocycles. The number of thiocarbonyl (C=S) groups is 1. The predicted octanol–water partition coefficient (Wildman–Crippen LogP) is 4.25. The maximum atomic E-state index is 12.9. The minimum atomic E-state index is -0.364. The molecule has 0 unspecified atom stereocenters. The zero-order valence-corrected chi connectivity index (χ0v) is 19.4. The molecule has 7 nitrogen and oxygen atoms in total. The zero-order valence-electron chi connectivity index (χ0n) is 17.7. The van der Waals surface area contributed by atoms with Gasteiger partial charge in [-0.25, -0.2) is 0 Å². The van der Waals surface area contributed by atoms with Gasteiger partial charge in [-0.15, -0.1) is 0 Å². The molecule has 0 atom stereocenters. The Labute approximate surface area is 190 Å². The van der Waals surface area contributed by atoms with Gasteiger partial charge in [-0.1, -0.05) is 37.3 Å². The molecule has 31 heavy (non-hydrogen) atoms. The number of aromatic nitrogens is 1. The van der Waals surface area contributed by atoms with E-state index < -0.39 is 0 Å². The molecule has 2 aromatic rings. The van der Waals surface area contributed by atoms with Crippen LogP contribution in [0.4, 0.5) is 5.82 Å². The number of thioether (sulfide) groups is 1. The van der Waals surface area contributed by atoms with Gasteiger partial charge in [-0.3, -0.25) is 19.1 Å². The van der Waals surface area contributed by atoms with Crippen LogP contribution in [0.15, 0.2) is 32.5 Å². The van der Waals surface area contributed by atoms with Crippen molar-refractivity contribution in [3.05, 3.63) is 56.1 Å². The third-order valence-corrected chi connectivity index (χ3v) is 6.46. The number of nitrogens with zero attached hydrogens (tertiary/aromatic N) is 3. The normalized spacial score (nSPS) is 15.0. The van der Waals surface area contributed by atoms with Crippen LogP contribution in [0, 0.1) is 18.3 Å². The fourth-order valence-corrected chi connectivity index (χ4v) is 4.67. The summed E-state index contributed by atoms with van der Waals surface area (Å²) in [7, 11) is 0. The van der Waals surface area contributed by atoms with Crippen molar-refractivity contribution in [1.82, 2.24) is 9.47 Å². The lowest BCUT2D eigenvalue weighted by Crippen LogP contribution is -2.29. The Morgan fingerprint density at radius 1 is 1.35 bits per heavy atom. The smallest absolute Gasteiger partial charge is 0.270 e. The van der Waals surface area contributed by atoms with Crippen LogP contribution in [0.1, 0.15) is 49.1 Å². The Hall–Kier alpha value is -2.83. The van der Waals surface area contributed by atoms with Crippen LogP contribution in [-0.2, 0) is 17.9 Å². The number of nitriles is 1. The number of carbonyl (C=O) groups is 1. The second-order valence-electron chi connectivity index (χ2n) is 7.04. The number of carbonyl (C=O) groups excluding carboxylic acids is 1. The molecule has 0 aliphatic carbocycles. The summed E-state index contributed by atoms with van der Waals surface area (Å²) in [4.78, 5) is 27.9. The summed E-state index contributed by atoms with van der Waals surface area (Å²) in [6.07, 6.45) is 5.14. The van der Waals surface area contributed by atoms with Crippen molar-refractivity contribution in [2.45, 2.75) is 46.7 Å². The molecule has 1 amide bonds. The van der Waals surface area contributed by atoms with Gasteiger partial charge < -0.3 is 9.73 Å². The van der Waals surface area contributed by atoms with Crippen molar-refractivity contribution in [3.8, 4) is 6.07 Å². The number of anilines is 1. The molecule has 162 valence electrons. The topological polar surface area (TPSA) is 91.3 Å². The quantitative estimate of drug-likeness (QED) is 0.469. The van der Waals surface area contributed by atoms with E-state index in [1.54, 1.807) is 30.2 Å². The molecular weight excluding hydrogens is 432 g/mol. The zero-order chi connectivity index (χ0) is 22.5. The van der Waals surface area contributed by atoms with Crippen LogP contribution in [0.25, 0.3) is 6.08 Å². The molecule has 1 N–H and O–H groups in total. The highest BCUT2D eigenvalue weighted by atomic mass is 32.2. The van der Waals surface area contributed by atoms with Crippen LogP contribution in [0.5, 0.6) is 0 Å². The third-order valence-electron chi connectivity index (χ3n) is 5.09. The van der Waals surface area contributed by atoms with Crippen molar-refractivity contribution >= 4 is 46.1 Å². The first-order chi connectivity index (χ1) is 14.9. The number of furan rings is 1. The maximum absolute atomic E-state index is 12.9. The Balaban J connectivity index is 2.10. The van der Waals surface area contributed by atoms with E-state index in [-0.39, 0.29) is 17.0 Å². The van der Waals surface area contributed by atoms with Crippen molar-refractivity contribution < 1.29 is 9.21 Å². The van der Waals surface area contributed by atoms with Gasteiger partial charge in [0.2, 0.25) is 0 Å². The van der Waals surface area contributed by atoms with Gasteiger partial charge in [0, 0.05) is 18.7 Å². The monoisotopic (exact) mass is 456 g/mol. The number of amides is 1. The third kappa shape index (κ3) is 4.60. The van der Waals surface area contributed by atoms with Crippen LogP contribution >= 0.6 is 24.0 Å². The SMILES string of the molecule is CCCCN1C(=O)/C(=C/c2c(C)c(C#N)c(=O)n(CC)c2NCc2ccco2)SC1=S. The van der Waals surface area contributed by atoms with Gasteiger partial charge in [0.05, 0.1) is 17.7 Å². The standard InChI is InChI=1S/C22H24N4O3S2/c1-4-6-9-26-21(28)18(31-22(26)30)11-16-14(3)17(12-23)20(27)25(5-2)19(16)24-13-15-8-7-10-29-15/h7-8,10-11,24H,4-6,9,13H2,1-3H3/b18-11-. The fraction of sp³-hybridized carbons (Fsp3) is 0.364. The second-order valence-corrected chi connectivity index (χ2v) is 8.72. The summed E-state index contributed by atoms with van der Waals surface area (Å²) in [6, 6.07) is 5.64. The summed E-state index contributed by atoms with van der Waals surface area (Å²) >= 11 is 6.65. The van der Waals surface area contributed by atoms with Gasteiger partial charge in [0.25, 0.3) is 11.5 Å². The molecule has 0 radical (unpaired) electrons. The first-order valence-electron chi connectivity index (χ1n) is 10.1. The Morgan fingerprint density at radius 2 is 2.13 bits per heavy atom. The Kier molecular flexibility index (Phi) is 7.36.